The Bertz CT molecular complexity index is 811. The Kier molecular flexibility index (Phi) is 7.40. The van der Waals surface area contributed by atoms with Crippen LogP contribution in [0.4, 0.5) is 20.6 Å². The maximum absolute atomic E-state index is 14.9. The highest BCUT2D eigenvalue weighted by atomic mass is 32.1. The third kappa shape index (κ3) is 5.15. The SMILES string of the molecule is CCC(=S)NC[C@H]1CN(c2ccc(N3CCNN(C(=O)CO)CC3)c(F)c2)C(=O)O1. The zero-order valence-corrected chi connectivity index (χ0v) is 17.6. The second-order valence-corrected chi connectivity index (χ2v) is 7.50. The molecule has 1 atom stereocenters. The minimum Gasteiger partial charge on any atom is -0.442 e. The molecule has 11 heteroatoms. The summed E-state index contributed by atoms with van der Waals surface area (Å²) in [5.41, 5.74) is 3.73. The number of halogens is 1. The lowest BCUT2D eigenvalue weighted by atomic mass is 10.2. The topological polar surface area (TPSA) is 97.4 Å². The number of aliphatic hydroxyl groups is 1. The number of carbonyl (C=O) groups excluding carboxylic acids is 2. The minimum atomic E-state index is -0.581. The number of aliphatic hydroxyl groups excluding tert-OH is 1. The van der Waals surface area contributed by atoms with Crippen LogP contribution < -0.4 is 20.5 Å². The van der Waals surface area contributed by atoms with Crippen LogP contribution in [0.1, 0.15) is 13.3 Å². The Morgan fingerprint density at radius 2 is 2.20 bits per heavy atom. The molecule has 3 N–H and O–H groups in total. The Hall–Kier alpha value is -2.50. The third-order valence-electron chi connectivity index (χ3n) is 5.02. The third-order valence-corrected chi connectivity index (χ3v) is 5.45. The van der Waals surface area contributed by atoms with Gasteiger partial charge >= 0.3 is 6.09 Å². The summed E-state index contributed by atoms with van der Waals surface area (Å²) in [6, 6.07) is 4.62. The minimum absolute atomic E-state index is 0.308. The molecule has 0 aliphatic carbocycles. The second kappa shape index (κ2) is 10.0. The molecule has 2 amide bonds. The molecule has 9 nitrogen and oxygen atoms in total. The Morgan fingerprint density at radius 3 is 2.90 bits per heavy atom. The maximum Gasteiger partial charge on any atom is 0.414 e. The molecule has 30 heavy (non-hydrogen) atoms. The van der Waals surface area contributed by atoms with Crippen molar-refractivity contribution < 1.29 is 23.8 Å². The molecule has 1 aromatic carbocycles. The van der Waals surface area contributed by atoms with Gasteiger partial charge in [0.25, 0.3) is 5.91 Å². The average molecular weight is 440 g/mol. The zero-order valence-electron chi connectivity index (χ0n) is 16.8. The summed E-state index contributed by atoms with van der Waals surface area (Å²) in [6.45, 7) is 3.72. The summed E-state index contributed by atoms with van der Waals surface area (Å²) in [6.07, 6.45) is -0.172. The summed E-state index contributed by atoms with van der Waals surface area (Å²) in [5, 5.41) is 13.4. The smallest absolute Gasteiger partial charge is 0.414 e. The van der Waals surface area contributed by atoms with Crippen LogP contribution in [-0.2, 0) is 9.53 Å². The number of hydrogen-bond acceptors (Lipinski definition) is 7. The van der Waals surface area contributed by atoms with Gasteiger partial charge in [-0.2, -0.15) is 0 Å². The molecule has 0 aromatic heterocycles. The molecule has 0 saturated carbocycles. The number of carbonyl (C=O) groups is 2. The monoisotopic (exact) mass is 439 g/mol. The Balaban J connectivity index is 1.64. The van der Waals surface area contributed by atoms with Gasteiger partial charge in [0.1, 0.15) is 18.5 Å². The molecule has 2 aliphatic rings. The number of ether oxygens (including phenoxy) is 1. The molecule has 164 valence electrons. The van der Waals surface area contributed by atoms with E-state index in [1.165, 1.54) is 16.0 Å². The van der Waals surface area contributed by atoms with Gasteiger partial charge in [0.2, 0.25) is 0 Å². The van der Waals surface area contributed by atoms with Crippen LogP contribution in [0.15, 0.2) is 18.2 Å². The van der Waals surface area contributed by atoms with E-state index < -0.39 is 24.4 Å². The molecule has 0 bridgehead atoms. The Labute approximate surface area is 179 Å². The van der Waals surface area contributed by atoms with Gasteiger partial charge in [-0.25, -0.2) is 14.6 Å². The fraction of sp³-hybridized carbons (Fsp3) is 0.526. The van der Waals surface area contributed by atoms with E-state index in [-0.39, 0.29) is 6.10 Å². The van der Waals surface area contributed by atoms with Crippen molar-refractivity contribution in [3.63, 3.8) is 0 Å². The fourth-order valence-corrected chi connectivity index (χ4v) is 3.47. The number of anilines is 2. The Morgan fingerprint density at radius 1 is 1.40 bits per heavy atom. The summed E-state index contributed by atoms with van der Waals surface area (Å²) in [4.78, 5) is 27.8. The van der Waals surface area contributed by atoms with Gasteiger partial charge in [-0.3, -0.25) is 14.7 Å². The van der Waals surface area contributed by atoms with Gasteiger partial charge in [-0.1, -0.05) is 19.1 Å². The van der Waals surface area contributed by atoms with Crippen LogP contribution in [0.5, 0.6) is 0 Å². The fourth-order valence-electron chi connectivity index (χ4n) is 3.38. The highest BCUT2D eigenvalue weighted by Gasteiger charge is 2.33. The van der Waals surface area contributed by atoms with Gasteiger partial charge in [-0.15, -0.1) is 0 Å². The molecular formula is C19H26FN5O4S. The second-order valence-electron chi connectivity index (χ2n) is 7.01. The lowest BCUT2D eigenvalue weighted by Crippen LogP contribution is -2.45. The number of nitrogens with one attached hydrogen (secondary N) is 2. The van der Waals surface area contributed by atoms with Crippen molar-refractivity contribution in [1.29, 1.82) is 0 Å². The van der Waals surface area contributed by atoms with Gasteiger partial charge in [0, 0.05) is 19.6 Å². The van der Waals surface area contributed by atoms with Crippen molar-refractivity contribution in [3.8, 4) is 0 Å². The summed E-state index contributed by atoms with van der Waals surface area (Å²) in [5.74, 6) is -0.889. The predicted molar refractivity (Wildman–Crippen MR) is 114 cm³/mol. The number of hydrazine groups is 1. The number of hydrogen-bond donors (Lipinski definition) is 3. The van der Waals surface area contributed by atoms with Crippen LogP contribution in [0.25, 0.3) is 0 Å². The molecule has 0 spiro atoms. The summed E-state index contributed by atoms with van der Waals surface area (Å²) >= 11 is 5.12. The van der Waals surface area contributed by atoms with E-state index in [0.717, 1.165) is 0 Å². The highest BCUT2D eigenvalue weighted by Crippen LogP contribution is 2.28. The number of benzene rings is 1. The molecule has 0 unspecified atom stereocenters. The van der Waals surface area contributed by atoms with E-state index >= 15 is 0 Å². The van der Waals surface area contributed by atoms with Crippen LogP contribution >= 0.6 is 12.2 Å². The highest BCUT2D eigenvalue weighted by molar-refractivity contribution is 7.80. The average Bonchev–Trinajstić information content (AvgIpc) is 2.96. The quantitative estimate of drug-likeness (QED) is 0.556. The van der Waals surface area contributed by atoms with E-state index in [1.54, 1.807) is 12.1 Å². The largest absolute Gasteiger partial charge is 0.442 e. The van der Waals surface area contributed by atoms with Crippen molar-refractivity contribution >= 4 is 40.6 Å². The number of nitrogens with zero attached hydrogens (tertiary/aromatic N) is 3. The number of cyclic esters (lactones) is 1. The molecule has 3 rings (SSSR count). The van der Waals surface area contributed by atoms with Crippen molar-refractivity contribution in [2.45, 2.75) is 19.4 Å². The molecule has 0 radical (unpaired) electrons. The summed E-state index contributed by atoms with van der Waals surface area (Å²) < 4.78 is 20.2. The van der Waals surface area contributed by atoms with E-state index in [1.807, 2.05) is 11.8 Å². The van der Waals surface area contributed by atoms with Crippen LogP contribution in [-0.4, -0.2) is 79.1 Å². The normalized spacial score (nSPS) is 19.5. The lowest BCUT2D eigenvalue weighted by Gasteiger charge is -2.24. The van der Waals surface area contributed by atoms with Crippen LogP contribution in [0.2, 0.25) is 0 Å². The van der Waals surface area contributed by atoms with Crippen molar-refractivity contribution in [2.24, 2.45) is 0 Å². The van der Waals surface area contributed by atoms with E-state index in [9.17, 15) is 14.0 Å². The first-order valence-corrected chi connectivity index (χ1v) is 10.3. The maximum atomic E-state index is 14.9. The van der Waals surface area contributed by atoms with Gasteiger partial charge in [0.05, 0.1) is 36.0 Å². The van der Waals surface area contributed by atoms with Gasteiger partial charge < -0.3 is 20.1 Å². The first-order valence-electron chi connectivity index (χ1n) is 9.87. The first kappa shape index (κ1) is 22.2. The molecule has 2 fully saturated rings. The molecule has 2 heterocycles. The van der Waals surface area contributed by atoms with E-state index in [4.69, 9.17) is 22.1 Å². The zero-order chi connectivity index (χ0) is 21.7. The molecule has 2 aliphatic heterocycles. The molecule has 1 aromatic rings. The van der Waals surface area contributed by atoms with Crippen molar-refractivity contribution in [2.75, 3.05) is 55.7 Å². The summed E-state index contributed by atoms with van der Waals surface area (Å²) in [7, 11) is 0. The van der Waals surface area contributed by atoms with E-state index in [0.29, 0.717) is 62.1 Å². The lowest BCUT2D eigenvalue weighted by molar-refractivity contribution is -0.136. The standard InChI is InChI=1S/C19H26FN5O4S/c1-2-17(30)21-10-14-11-24(19(28)29-14)13-3-4-16(15(20)9-13)23-6-5-22-25(8-7-23)18(27)12-26/h3-4,9,14,22,26H,2,5-8,10-12H2,1H3,(H,21,30)/t14-/m0/s1. The van der Waals surface area contributed by atoms with Crippen molar-refractivity contribution in [3.05, 3.63) is 24.0 Å². The van der Waals surface area contributed by atoms with Crippen LogP contribution in [0, 0.1) is 5.82 Å². The molecule has 2 saturated heterocycles. The number of thiocarbonyl (C=S) groups is 1. The first-order chi connectivity index (χ1) is 14.4. The molecular weight excluding hydrogens is 413 g/mol. The number of amides is 2. The van der Waals surface area contributed by atoms with Gasteiger partial charge in [0.15, 0.2) is 0 Å². The predicted octanol–water partition coefficient (Wildman–Crippen LogP) is 0.623. The van der Waals surface area contributed by atoms with Crippen LogP contribution in [0.3, 0.4) is 0 Å². The van der Waals surface area contributed by atoms with Gasteiger partial charge in [-0.05, 0) is 24.6 Å². The number of rotatable bonds is 6. The van der Waals surface area contributed by atoms with E-state index in [2.05, 4.69) is 10.7 Å². The van der Waals surface area contributed by atoms with Crippen molar-refractivity contribution in [1.82, 2.24) is 15.8 Å².